The molecule has 1 aromatic rings. The molecule has 6 nitrogen and oxygen atoms in total. The van der Waals surface area contributed by atoms with E-state index in [1.165, 1.54) is 0 Å². The Labute approximate surface area is 75.4 Å². The third kappa shape index (κ3) is 2.48. The van der Waals surface area contributed by atoms with Crippen LogP contribution in [-0.2, 0) is 6.42 Å². The SMILES string of the molecule is CC(O)C(N)c1nc(CCO)no1. The predicted octanol–water partition coefficient (Wildman–Crippen LogP) is -1.01. The largest absolute Gasteiger partial charge is 0.396 e. The van der Waals surface area contributed by atoms with Crippen molar-refractivity contribution in [2.75, 3.05) is 6.61 Å². The van der Waals surface area contributed by atoms with E-state index in [9.17, 15) is 0 Å². The molecule has 0 amide bonds. The van der Waals surface area contributed by atoms with Gasteiger partial charge < -0.3 is 20.5 Å². The number of hydrogen-bond acceptors (Lipinski definition) is 6. The Kier molecular flexibility index (Phi) is 3.35. The molecule has 4 N–H and O–H groups in total. The smallest absolute Gasteiger partial charge is 0.246 e. The van der Waals surface area contributed by atoms with Crippen molar-refractivity contribution in [3.63, 3.8) is 0 Å². The summed E-state index contributed by atoms with van der Waals surface area (Å²) in [5.74, 6) is 0.590. The van der Waals surface area contributed by atoms with Crippen LogP contribution in [0.5, 0.6) is 0 Å². The second-order valence-corrected chi connectivity index (χ2v) is 2.79. The van der Waals surface area contributed by atoms with Crippen molar-refractivity contribution in [1.82, 2.24) is 10.1 Å². The lowest BCUT2D eigenvalue weighted by atomic mass is 10.2. The van der Waals surface area contributed by atoms with Crippen LogP contribution >= 0.6 is 0 Å². The van der Waals surface area contributed by atoms with Crippen LogP contribution in [0, 0.1) is 0 Å². The van der Waals surface area contributed by atoms with E-state index in [0.717, 1.165) is 0 Å². The number of rotatable bonds is 4. The van der Waals surface area contributed by atoms with Gasteiger partial charge in [0.15, 0.2) is 5.82 Å². The van der Waals surface area contributed by atoms with Gasteiger partial charge in [-0.05, 0) is 6.92 Å². The van der Waals surface area contributed by atoms with E-state index >= 15 is 0 Å². The standard InChI is InChI=1S/C7H13N3O3/c1-4(12)6(8)7-9-5(2-3-11)10-13-7/h4,6,11-12H,2-3,8H2,1H3. The minimum absolute atomic E-state index is 0.0388. The summed E-state index contributed by atoms with van der Waals surface area (Å²) in [4.78, 5) is 3.90. The topological polar surface area (TPSA) is 105 Å². The minimum Gasteiger partial charge on any atom is -0.396 e. The van der Waals surface area contributed by atoms with E-state index in [4.69, 9.17) is 20.5 Å². The fourth-order valence-electron chi connectivity index (χ4n) is 0.811. The lowest BCUT2D eigenvalue weighted by Crippen LogP contribution is -2.23. The highest BCUT2D eigenvalue weighted by molar-refractivity contribution is 4.93. The van der Waals surface area contributed by atoms with Crippen molar-refractivity contribution in [2.24, 2.45) is 5.73 Å². The van der Waals surface area contributed by atoms with Gasteiger partial charge in [0, 0.05) is 6.42 Å². The Morgan fingerprint density at radius 2 is 2.31 bits per heavy atom. The monoisotopic (exact) mass is 187 g/mol. The average Bonchev–Trinajstić information content (AvgIpc) is 2.52. The number of nitrogens with zero attached hydrogens (tertiary/aromatic N) is 2. The Morgan fingerprint density at radius 1 is 1.62 bits per heavy atom. The van der Waals surface area contributed by atoms with Crippen LogP contribution in [0.1, 0.15) is 24.7 Å². The quantitative estimate of drug-likeness (QED) is 0.557. The van der Waals surface area contributed by atoms with Crippen LogP contribution < -0.4 is 5.73 Å². The van der Waals surface area contributed by atoms with E-state index in [2.05, 4.69) is 10.1 Å². The van der Waals surface area contributed by atoms with Crippen molar-refractivity contribution in [1.29, 1.82) is 0 Å². The number of nitrogens with two attached hydrogens (primary N) is 1. The van der Waals surface area contributed by atoms with Crippen LogP contribution in [0.3, 0.4) is 0 Å². The maximum absolute atomic E-state index is 9.11. The molecule has 1 aromatic heterocycles. The van der Waals surface area contributed by atoms with Gasteiger partial charge >= 0.3 is 0 Å². The van der Waals surface area contributed by atoms with Crippen molar-refractivity contribution in [2.45, 2.75) is 25.5 Å². The summed E-state index contributed by atoms with van der Waals surface area (Å²) in [6.07, 6.45) is -0.404. The van der Waals surface area contributed by atoms with E-state index in [1.54, 1.807) is 6.92 Å². The highest BCUT2D eigenvalue weighted by Crippen LogP contribution is 2.11. The number of aliphatic hydroxyl groups excluding tert-OH is 2. The molecule has 0 radical (unpaired) electrons. The van der Waals surface area contributed by atoms with Gasteiger partial charge in [-0.25, -0.2) is 0 Å². The molecule has 2 unspecified atom stereocenters. The number of aliphatic hydroxyl groups is 2. The van der Waals surface area contributed by atoms with Gasteiger partial charge in [0.2, 0.25) is 5.89 Å². The molecule has 1 rings (SSSR count). The molecule has 1 heterocycles. The summed E-state index contributed by atoms with van der Waals surface area (Å²) >= 11 is 0. The van der Waals surface area contributed by atoms with Gasteiger partial charge in [-0.15, -0.1) is 0 Å². The first-order valence-electron chi connectivity index (χ1n) is 4.02. The number of aromatic nitrogens is 2. The molecule has 0 spiro atoms. The molecule has 0 aliphatic carbocycles. The highest BCUT2D eigenvalue weighted by Gasteiger charge is 2.18. The molecular formula is C7H13N3O3. The van der Waals surface area contributed by atoms with Crippen LogP contribution in [0.4, 0.5) is 0 Å². The summed E-state index contributed by atoms with van der Waals surface area (Å²) < 4.78 is 4.78. The van der Waals surface area contributed by atoms with Crippen LogP contribution in [0.2, 0.25) is 0 Å². The fraction of sp³-hybridized carbons (Fsp3) is 0.714. The van der Waals surface area contributed by atoms with Gasteiger partial charge in [0.05, 0.1) is 12.7 Å². The van der Waals surface area contributed by atoms with Crippen molar-refractivity contribution >= 4 is 0 Å². The molecule has 0 aromatic carbocycles. The van der Waals surface area contributed by atoms with E-state index < -0.39 is 12.1 Å². The molecule has 2 atom stereocenters. The van der Waals surface area contributed by atoms with Gasteiger partial charge in [-0.1, -0.05) is 5.16 Å². The number of hydrogen-bond donors (Lipinski definition) is 3. The van der Waals surface area contributed by atoms with Crippen LogP contribution in [-0.4, -0.2) is 33.1 Å². The summed E-state index contributed by atoms with van der Waals surface area (Å²) in [6, 6.07) is -0.667. The van der Waals surface area contributed by atoms with Crippen molar-refractivity contribution in [3.8, 4) is 0 Å². The second-order valence-electron chi connectivity index (χ2n) is 2.79. The third-order valence-electron chi connectivity index (χ3n) is 1.62. The lowest BCUT2D eigenvalue weighted by molar-refractivity contribution is 0.146. The summed E-state index contributed by atoms with van der Waals surface area (Å²) in [7, 11) is 0. The van der Waals surface area contributed by atoms with E-state index in [1.807, 2.05) is 0 Å². The van der Waals surface area contributed by atoms with Crippen LogP contribution in [0.25, 0.3) is 0 Å². The van der Waals surface area contributed by atoms with Gasteiger partial charge in [-0.2, -0.15) is 4.98 Å². The third-order valence-corrected chi connectivity index (χ3v) is 1.62. The Bertz CT molecular complexity index is 261. The molecule has 0 aliphatic heterocycles. The normalized spacial score (nSPS) is 15.7. The lowest BCUT2D eigenvalue weighted by Gasteiger charge is -2.08. The van der Waals surface area contributed by atoms with Gasteiger partial charge in [-0.3, -0.25) is 0 Å². The maximum atomic E-state index is 9.11. The Morgan fingerprint density at radius 3 is 2.85 bits per heavy atom. The summed E-state index contributed by atoms with van der Waals surface area (Å²) in [6.45, 7) is 1.50. The Hall–Kier alpha value is -0.980. The van der Waals surface area contributed by atoms with E-state index in [0.29, 0.717) is 12.2 Å². The van der Waals surface area contributed by atoms with Gasteiger partial charge in [0.25, 0.3) is 0 Å². The molecule has 6 heteroatoms. The first-order valence-corrected chi connectivity index (χ1v) is 4.02. The minimum atomic E-state index is -0.734. The predicted molar refractivity (Wildman–Crippen MR) is 43.7 cm³/mol. The molecule has 13 heavy (non-hydrogen) atoms. The zero-order chi connectivity index (χ0) is 9.84. The molecule has 0 bridgehead atoms. The molecule has 0 aliphatic rings. The van der Waals surface area contributed by atoms with Gasteiger partial charge in [0.1, 0.15) is 6.04 Å². The first-order chi connectivity index (χ1) is 6.15. The van der Waals surface area contributed by atoms with Crippen molar-refractivity contribution < 1.29 is 14.7 Å². The molecule has 0 saturated heterocycles. The van der Waals surface area contributed by atoms with Crippen LogP contribution in [0.15, 0.2) is 4.52 Å². The average molecular weight is 187 g/mol. The summed E-state index contributed by atoms with van der Waals surface area (Å²) in [5.41, 5.74) is 5.54. The van der Waals surface area contributed by atoms with E-state index in [-0.39, 0.29) is 12.5 Å². The fourth-order valence-corrected chi connectivity index (χ4v) is 0.811. The molecule has 74 valence electrons. The van der Waals surface area contributed by atoms with Crippen molar-refractivity contribution in [3.05, 3.63) is 11.7 Å². The molecule has 0 fully saturated rings. The summed E-state index contributed by atoms with van der Waals surface area (Å²) in [5, 5.41) is 21.3. The molecule has 0 saturated carbocycles. The highest BCUT2D eigenvalue weighted by atomic mass is 16.5. The maximum Gasteiger partial charge on any atom is 0.246 e. The zero-order valence-corrected chi connectivity index (χ0v) is 7.34. The Balaban J connectivity index is 2.67. The zero-order valence-electron chi connectivity index (χ0n) is 7.34. The first kappa shape index (κ1) is 10.1. The second kappa shape index (κ2) is 4.31. The molecular weight excluding hydrogens is 174 g/mol.